The number of aromatic nitrogens is 3. The first-order valence-corrected chi connectivity index (χ1v) is 9.51. The Kier molecular flexibility index (Phi) is 3.72. The highest BCUT2D eigenvalue weighted by Crippen LogP contribution is 2.42. The van der Waals surface area contributed by atoms with E-state index in [4.69, 9.17) is 16.2 Å². The van der Waals surface area contributed by atoms with E-state index in [1.165, 1.54) is 0 Å². The monoisotopic (exact) mass is 394 g/mol. The average Bonchev–Trinajstić information content (AvgIpc) is 3.32. The summed E-state index contributed by atoms with van der Waals surface area (Å²) in [5.41, 5.74) is 15.0. The van der Waals surface area contributed by atoms with Gasteiger partial charge in [0, 0.05) is 48.9 Å². The lowest BCUT2D eigenvalue weighted by Crippen LogP contribution is -2.38. The predicted octanol–water partition coefficient (Wildman–Crippen LogP) is 1.71. The van der Waals surface area contributed by atoms with Gasteiger partial charge in [-0.05, 0) is 19.1 Å². The molecule has 3 aromatic rings. The van der Waals surface area contributed by atoms with E-state index in [1.54, 1.807) is 0 Å². The Morgan fingerprint density at radius 3 is 3.00 bits per heavy atom. The summed E-state index contributed by atoms with van der Waals surface area (Å²) in [4.78, 5) is 25.3. The summed E-state index contributed by atoms with van der Waals surface area (Å²) in [6.07, 6.45) is 1.43. The first kappa shape index (κ1) is 17.7. The van der Waals surface area contributed by atoms with Gasteiger partial charge in [-0.3, -0.25) is 4.90 Å². The number of nitrogen functional groups attached to an aromatic ring is 2. The van der Waals surface area contributed by atoms with Gasteiger partial charge in [-0.2, -0.15) is 9.97 Å². The van der Waals surface area contributed by atoms with E-state index < -0.39 is 11.6 Å². The molecule has 1 aromatic carbocycles. The van der Waals surface area contributed by atoms with Crippen LogP contribution in [0.25, 0.3) is 10.9 Å². The van der Waals surface area contributed by atoms with Crippen LogP contribution in [0.1, 0.15) is 33.6 Å². The fourth-order valence-electron chi connectivity index (χ4n) is 4.53. The number of anilines is 2. The van der Waals surface area contributed by atoms with Crippen molar-refractivity contribution >= 4 is 28.6 Å². The maximum atomic E-state index is 11.8. The molecule has 2 aromatic heterocycles. The summed E-state index contributed by atoms with van der Waals surface area (Å²) in [7, 11) is 0. The number of carboxylic acids is 1. The lowest BCUT2D eigenvalue weighted by Gasteiger charge is -2.23. The average molecular weight is 394 g/mol. The number of nitrogens with one attached hydrogen (secondary N) is 1. The van der Waals surface area contributed by atoms with Crippen molar-refractivity contribution in [3.8, 4) is 5.88 Å². The van der Waals surface area contributed by atoms with E-state index >= 15 is 0 Å². The van der Waals surface area contributed by atoms with Crippen molar-refractivity contribution in [3.05, 3.63) is 40.6 Å². The first-order valence-electron chi connectivity index (χ1n) is 9.51. The van der Waals surface area contributed by atoms with E-state index in [0.717, 1.165) is 40.6 Å². The number of benzene rings is 1. The number of nitrogens with zero attached hydrogens (tertiary/aromatic N) is 3. The van der Waals surface area contributed by atoms with Gasteiger partial charge < -0.3 is 26.3 Å². The highest BCUT2D eigenvalue weighted by Gasteiger charge is 2.47. The Balaban J connectivity index is 1.43. The van der Waals surface area contributed by atoms with Crippen LogP contribution in [0.5, 0.6) is 5.88 Å². The Hall–Kier alpha value is -3.33. The molecule has 1 atom stereocenters. The van der Waals surface area contributed by atoms with Gasteiger partial charge in [0.15, 0.2) is 0 Å². The van der Waals surface area contributed by atoms with Crippen molar-refractivity contribution in [1.82, 2.24) is 19.9 Å². The topological polar surface area (TPSA) is 143 Å². The lowest BCUT2D eigenvalue weighted by atomic mass is 9.97. The molecule has 0 saturated carbocycles. The Morgan fingerprint density at radius 2 is 2.21 bits per heavy atom. The fraction of sp³-hybridized carbons (Fsp3) is 0.350. The fourth-order valence-corrected chi connectivity index (χ4v) is 4.53. The largest absolute Gasteiger partial charge is 0.477 e. The molecule has 1 unspecified atom stereocenters. The van der Waals surface area contributed by atoms with Gasteiger partial charge in [0.2, 0.25) is 11.8 Å². The van der Waals surface area contributed by atoms with Gasteiger partial charge in [-0.15, -0.1) is 0 Å². The molecule has 0 amide bonds. The molecule has 29 heavy (non-hydrogen) atoms. The zero-order valence-electron chi connectivity index (χ0n) is 16.0. The molecule has 0 bridgehead atoms. The number of aromatic carboxylic acids is 1. The summed E-state index contributed by atoms with van der Waals surface area (Å²) in [5.74, 6) is -0.0203. The van der Waals surface area contributed by atoms with Crippen LogP contribution in [0.3, 0.4) is 0 Å². The second kappa shape index (κ2) is 6.08. The zero-order chi connectivity index (χ0) is 20.3. The Bertz CT molecular complexity index is 1160. The zero-order valence-corrected chi connectivity index (χ0v) is 16.0. The van der Waals surface area contributed by atoms with Crippen LogP contribution in [0.2, 0.25) is 0 Å². The van der Waals surface area contributed by atoms with E-state index in [0.29, 0.717) is 31.2 Å². The van der Waals surface area contributed by atoms with E-state index in [-0.39, 0.29) is 11.6 Å². The van der Waals surface area contributed by atoms with E-state index in [9.17, 15) is 9.90 Å². The number of H-pyrrole nitrogens is 1. The van der Waals surface area contributed by atoms with Crippen molar-refractivity contribution in [2.24, 2.45) is 0 Å². The summed E-state index contributed by atoms with van der Waals surface area (Å²) in [6.45, 7) is 3.96. The van der Waals surface area contributed by atoms with E-state index in [2.05, 4.69) is 19.9 Å². The molecule has 1 saturated heterocycles. The van der Waals surface area contributed by atoms with Crippen LogP contribution in [-0.2, 0) is 13.0 Å². The van der Waals surface area contributed by atoms with Crippen molar-refractivity contribution in [2.75, 3.05) is 24.6 Å². The van der Waals surface area contributed by atoms with Gasteiger partial charge in [0.25, 0.3) is 0 Å². The normalized spacial score (nSPS) is 21.0. The van der Waals surface area contributed by atoms with Gasteiger partial charge in [0.1, 0.15) is 17.1 Å². The molecule has 0 aliphatic carbocycles. The standard InChI is InChI=1S/C20H22N6O3/c1-10-2-3-14-11(6-10)13(15(23-14)18(27)28)8-26-5-4-20(9-26)7-12-16(21)24-19(22)25-17(12)29-20/h2-3,6,23H,4-5,7-9H2,1H3,(H,27,28)(H4,21,22,24,25). The minimum atomic E-state index is -0.953. The molecule has 1 fully saturated rings. The van der Waals surface area contributed by atoms with Gasteiger partial charge >= 0.3 is 5.97 Å². The number of hydrogen-bond donors (Lipinski definition) is 4. The maximum absolute atomic E-state index is 11.8. The quantitative estimate of drug-likeness (QED) is 0.526. The number of nitrogens with two attached hydrogens (primary N) is 2. The minimum absolute atomic E-state index is 0.105. The molecular weight excluding hydrogens is 372 g/mol. The summed E-state index contributed by atoms with van der Waals surface area (Å²) in [6, 6.07) is 5.93. The Morgan fingerprint density at radius 1 is 1.38 bits per heavy atom. The summed E-state index contributed by atoms with van der Waals surface area (Å²) < 4.78 is 6.17. The van der Waals surface area contributed by atoms with Gasteiger partial charge in [0.05, 0.1) is 5.56 Å². The number of carbonyl (C=O) groups is 1. The predicted molar refractivity (Wildman–Crippen MR) is 108 cm³/mol. The van der Waals surface area contributed by atoms with Crippen molar-refractivity contribution in [2.45, 2.75) is 31.9 Å². The third-order valence-corrected chi connectivity index (χ3v) is 5.88. The van der Waals surface area contributed by atoms with Crippen LogP contribution in [-0.4, -0.2) is 49.6 Å². The van der Waals surface area contributed by atoms with Crippen LogP contribution in [0, 0.1) is 6.92 Å². The minimum Gasteiger partial charge on any atom is -0.477 e. The van der Waals surface area contributed by atoms with Gasteiger partial charge in [-0.1, -0.05) is 11.6 Å². The molecule has 1 spiro atoms. The van der Waals surface area contributed by atoms with Crippen molar-refractivity contribution in [3.63, 3.8) is 0 Å². The molecule has 5 rings (SSSR count). The molecule has 2 aliphatic rings. The second-order valence-electron chi connectivity index (χ2n) is 8.01. The Labute approximate surface area is 166 Å². The number of ether oxygens (including phenoxy) is 1. The molecule has 9 heteroatoms. The highest BCUT2D eigenvalue weighted by molar-refractivity contribution is 5.97. The van der Waals surface area contributed by atoms with Crippen LogP contribution in [0.4, 0.5) is 11.8 Å². The number of carboxylic acid groups (broad SMARTS) is 1. The molecule has 0 radical (unpaired) electrons. The smallest absolute Gasteiger partial charge is 0.352 e. The molecule has 9 nitrogen and oxygen atoms in total. The third-order valence-electron chi connectivity index (χ3n) is 5.88. The molecule has 6 N–H and O–H groups in total. The van der Waals surface area contributed by atoms with Crippen LogP contribution >= 0.6 is 0 Å². The SMILES string of the molecule is Cc1ccc2[nH]c(C(=O)O)c(CN3CCC4(Cc5c(N)nc(N)nc5O4)C3)c2c1. The number of fused-ring (bicyclic) bond motifs is 2. The number of aromatic amines is 1. The lowest BCUT2D eigenvalue weighted by molar-refractivity contribution is 0.0689. The van der Waals surface area contributed by atoms with Crippen LogP contribution < -0.4 is 16.2 Å². The van der Waals surface area contributed by atoms with Crippen molar-refractivity contribution < 1.29 is 14.6 Å². The first-order chi connectivity index (χ1) is 13.8. The number of aryl methyl sites for hydroxylation is 1. The molecular formula is C20H22N6O3. The van der Waals surface area contributed by atoms with E-state index in [1.807, 2.05) is 25.1 Å². The number of likely N-dealkylation sites (tertiary alicyclic amines) is 1. The van der Waals surface area contributed by atoms with Crippen LogP contribution in [0.15, 0.2) is 18.2 Å². The summed E-state index contributed by atoms with van der Waals surface area (Å²) in [5, 5.41) is 10.6. The highest BCUT2D eigenvalue weighted by atomic mass is 16.5. The molecule has 4 heterocycles. The third kappa shape index (κ3) is 2.85. The van der Waals surface area contributed by atoms with Crippen molar-refractivity contribution in [1.29, 1.82) is 0 Å². The number of hydrogen-bond acceptors (Lipinski definition) is 7. The molecule has 150 valence electrons. The van der Waals surface area contributed by atoms with Gasteiger partial charge in [-0.25, -0.2) is 4.79 Å². The summed E-state index contributed by atoms with van der Waals surface area (Å²) >= 11 is 0. The maximum Gasteiger partial charge on any atom is 0.352 e. The molecule has 2 aliphatic heterocycles. The number of rotatable bonds is 3. The second-order valence-corrected chi connectivity index (χ2v) is 8.01.